The van der Waals surface area contributed by atoms with E-state index >= 15 is 0 Å². The van der Waals surface area contributed by atoms with Crippen LogP contribution in [0.1, 0.15) is 29.7 Å². The molecule has 0 saturated carbocycles. The lowest BCUT2D eigenvalue weighted by molar-refractivity contribution is -0.580. The Morgan fingerprint density at radius 2 is 1.67 bits per heavy atom. The van der Waals surface area contributed by atoms with Gasteiger partial charge in [-0.25, -0.2) is 0 Å². The number of nitrogens with two attached hydrogens (primary N) is 1. The summed E-state index contributed by atoms with van der Waals surface area (Å²) in [5.74, 6) is 0.891. The fourth-order valence-electron chi connectivity index (χ4n) is 2.59. The van der Waals surface area contributed by atoms with Crippen LogP contribution >= 0.6 is 0 Å². The molecule has 0 aromatic heterocycles. The van der Waals surface area contributed by atoms with E-state index in [4.69, 9.17) is 5.73 Å². The molecule has 2 nitrogen and oxygen atoms in total. The summed E-state index contributed by atoms with van der Waals surface area (Å²) in [5, 5.41) is 0. The van der Waals surface area contributed by atoms with E-state index in [1.54, 1.807) is 0 Å². The molecule has 0 radical (unpaired) electrons. The van der Waals surface area contributed by atoms with Crippen molar-refractivity contribution in [3.63, 3.8) is 0 Å². The number of fused-ring (bicyclic) bond motifs is 1. The highest BCUT2D eigenvalue weighted by Gasteiger charge is 2.28. The van der Waals surface area contributed by atoms with Crippen LogP contribution in [0.25, 0.3) is 0 Å². The number of rotatable bonds is 2. The van der Waals surface area contributed by atoms with Gasteiger partial charge in [0.25, 0.3) is 5.84 Å². The average Bonchev–Trinajstić information content (AvgIpc) is 2.77. The molecule has 0 aliphatic carbocycles. The fraction of sp³-hybridized carbons (Fsp3) is 0.188. The Kier molecular flexibility index (Phi) is 2.63. The van der Waals surface area contributed by atoms with E-state index in [1.807, 2.05) is 12.1 Å². The van der Waals surface area contributed by atoms with Gasteiger partial charge < -0.3 is 0 Å². The summed E-state index contributed by atoms with van der Waals surface area (Å²) in [4.78, 5) is 0. The Bertz CT molecular complexity index is 600. The number of hydrogen-bond donors (Lipinski definition) is 1. The molecular weight excluding hydrogens is 220 g/mol. The predicted octanol–water partition coefficient (Wildman–Crippen LogP) is 2.68. The maximum atomic E-state index is 6.27. The normalized spacial score (nSPS) is 15.6. The van der Waals surface area contributed by atoms with Crippen molar-refractivity contribution in [3.05, 3.63) is 71.3 Å². The Hall–Kier alpha value is -2.09. The molecule has 3 rings (SSSR count). The molecule has 1 aliphatic rings. The monoisotopic (exact) mass is 237 g/mol. The SMILES string of the molecule is C[C@@H](c1ccccc1)[N+]1=C(N)c2ccccc2C1. The molecule has 0 bridgehead atoms. The van der Waals surface area contributed by atoms with Gasteiger partial charge >= 0.3 is 0 Å². The highest BCUT2D eigenvalue weighted by Crippen LogP contribution is 2.24. The first kappa shape index (κ1) is 11.0. The molecule has 2 aromatic rings. The van der Waals surface area contributed by atoms with Crippen molar-refractivity contribution in [2.45, 2.75) is 19.5 Å². The van der Waals surface area contributed by atoms with Gasteiger partial charge in [0.1, 0.15) is 12.6 Å². The molecule has 0 saturated heterocycles. The summed E-state index contributed by atoms with van der Waals surface area (Å²) in [5.41, 5.74) is 10.1. The molecule has 1 aliphatic heterocycles. The lowest BCUT2D eigenvalue weighted by atomic mass is 10.1. The van der Waals surface area contributed by atoms with Crippen molar-refractivity contribution in [2.24, 2.45) is 5.73 Å². The highest BCUT2D eigenvalue weighted by atomic mass is 15.1. The van der Waals surface area contributed by atoms with Gasteiger partial charge in [0.15, 0.2) is 0 Å². The van der Waals surface area contributed by atoms with Crippen LogP contribution in [-0.2, 0) is 6.54 Å². The van der Waals surface area contributed by atoms with Crippen molar-refractivity contribution in [2.75, 3.05) is 0 Å². The van der Waals surface area contributed by atoms with Gasteiger partial charge in [-0.15, -0.1) is 0 Å². The molecule has 0 amide bonds. The van der Waals surface area contributed by atoms with Crippen LogP contribution in [0.4, 0.5) is 0 Å². The maximum absolute atomic E-state index is 6.27. The third kappa shape index (κ3) is 1.70. The third-order valence-corrected chi connectivity index (χ3v) is 3.69. The van der Waals surface area contributed by atoms with Crippen molar-refractivity contribution < 1.29 is 4.58 Å². The molecule has 90 valence electrons. The zero-order valence-corrected chi connectivity index (χ0v) is 10.5. The smallest absolute Gasteiger partial charge is 0.276 e. The molecule has 2 aromatic carbocycles. The van der Waals surface area contributed by atoms with Crippen LogP contribution < -0.4 is 5.73 Å². The highest BCUT2D eigenvalue weighted by molar-refractivity contribution is 5.96. The van der Waals surface area contributed by atoms with Crippen LogP contribution in [0, 0.1) is 0 Å². The first-order valence-electron chi connectivity index (χ1n) is 6.29. The number of amidine groups is 1. The Morgan fingerprint density at radius 1 is 1.00 bits per heavy atom. The van der Waals surface area contributed by atoms with Crippen molar-refractivity contribution in [1.29, 1.82) is 0 Å². The van der Waals surface area contributed by atoms with Gasteiger partial charge in [-0.1, -0.05) is 48.5 Å². The van der Waals surface area contributed by atoms with Crippen molar-refractivity contribution in [1.82, 2.24) is 0 Å². The quantitative estimate of drug-likeness (QED) is 0.799. The molecule has 0 fully saturated rings. The molecule has 18 heavy (non-hydrogen) atoms. The summed E-state index contributed by atoms with van der Waals surface area (Å²) < 4.78 is 2.26. The molecule has 1 heterocycles. The topological polar surface area (TPSA) is 29.0 Å². The molecule has 0 unspecified atom stereocenters. The van der Waals surface area contributed by atoms with E-state index in [1.165, 1.54) is 16.7 Å². The summed E-state index contributed by atoms with van der Waals surface area (Å²) in [6.45, 7) is 3.10. The Balaban J connectivity index is 1.99. The van der Waals surface area contributed by atoms with Crippen LogP contribution in [0.15, 0.2) is 54.6 Å². The second-order valence-corrected chi connectivity index (χ2v) is 4.76. The summed E-state index contributed by atoms with van der Waals surface area (Å²) in [6.07, 6.45) is 0. The first-order valence-corrected chi connectivity index (χ1v) is 6.29. The number of hydrogen-bond acceptors (Lipinski definition) is 1. The van der Waals surface area contributed by atoms with Gasteiger partial charge in [0.05, 0.1) is 5.56 Å². The third-order valence-electron chi connectivity index (χ3n) is 3.69. The lowest BCUT2D eigenvalue weighted by Gasteiger charge is -2.13. The van der Waals surface area contributed by atoms with E-state index in [2.05, 4.69) is 54.0 Å². The molecule has 2 N–H and O–H groups in total. The van der Waals surface area contributed by atoms with E-state index < -0.39 is 0 Å². The van der Waals surface area contributed by atoms with Crippen LogP contribution in [-0.4, -0.2) is 10.4 Å². The van der Waals surface area contributed by atoms with Gasteiger partial charge in [-0.3, -0.25) is 10.3 Å². The molecule has 2 heteroatoms. The van der Waals surface area contributed by atoms with Gasteiger partial charge in [-0.05, 0) is 18.6 Å². The average molecular weight is 237 g/mol. The summed E-state index contributed by atoms with van der Waals surface area (Å²) >= 11 is 0. The summed E-state index contributed by atoms with van der Waals surface area (Å²) in [6, 6.07) is 19.2. The second-order valence-electron chi connectivity index (χ2n) is 4.76. The largest absolute Gasteiger partial charge is 0.287 e. The van der Waals surface area contributed by atoms with Crippen LogP contribution in [0.5, 0.6) is 0 Å². The molecule has 0 spiro atoms. The van der Waals surface area contributed by atoms with E-state index in [-0.39, 0.29) is 0 Å². The van der Waals surface area contributed by atoms with Crippen molar-refractivity contribution in [3.8, 4) is 0 Å². The molecular formula is C16H17N2+. The predicted molar refractivity (Wildman–Crippen MR) is 73.6 cm³/mol. The number of nitrogens with zero attached hydrogens (tertiary/aromatic N) is 1. The minimum absolute atomic E-state index is 0.304. The lowest BCUT2D eigenvalue weighted by Crippen LogP contribution is -2.25. The van der Waals surface area contributed by atoms with Crippen LogP contribution in [0.3, 0.4) is 0 Å². The van der Waals surface area contributed by atoms with E-state index in [0.717, 1.165) is 12.4 Å². The van der Waals surface area contributed by atoms with E-state index in [9.17, 15) is 0 Å². The van der Waals surface area contributed by atoms with E-state index in [0.29, 0.717) is 6.04 Å². The van der Waals surface area contributed by atoms with Gasteiger partial charge in [-0.2, -0.15) is 0 Å². The summed E-state index contributed by atoms with van der Waals surface area (Å²) in [7, 11) is 0. The zero-order chi connectivity index (χ0) is 12.5. The zero-order valence-electron chi connectivity index (χ0n) is 10.5. The number of benzene rings is 2. The van der Waals surface area contributed by atoms with Gasteiger partial charge in [0.2, 0.25) is 0 Å². The molecule has 1 atom stereocenters. The Labute approximate surface area is 107 Å². The van der Waals surface area contributed by atoms with Crippen molar-refractivity contribution >= 4 is 5.84 Å². The minimum Gasteiger partial charge on any atom is -0.287 e. The van der Waals surface area contributed by atoms with Crippen LogP contribution in [0.2, 0.25) is 0 Å². The fourth-order valence-corrected chi connectivity index (χ4v) is 2.59. The van der Waals surface area contributed by atoms with Gasteiger partial charge in [0, 0.05) is 5.56 Å². The second kappa shape index (κ2) is 4.30. The first-order chi connectivity index (χ1) is 8.77. The Morgan fingerprint density at radius 3 is 2.39 bits per heavy atom. The standard InChI is InChI=1S/C16H16N2/c1-12(13-7-3-2-4-8-13)18-11-14-9-5-6-10-15(14)16(18)17/h2-10,12,17H,11H2,1H3/p+1/t12-/m0/s1. The maximum Gasteiger partial charge on any atom is 0.276 e. The minimum atomic E-state index is 0.304.